The van der Waals surface area contributed by atoms with E-state index in [4.69, 9.17) is 0 Å². The summed E-state index contributed by atoms with van der Waals surface area (Å²) < 4.78 is 0. The van der Waals surface area contributed by atoms with Crippen LogP contribution in [0.3, 0.4) is 0 Å². The van der Waals surface area contributed by atoms with Gasteiger partial charge in [-0.25, -0.2) is 0 Å². The van der Waals surface area contributed by atoms with Crippen LogP contribution in [-0.4, -0.2) is 11.0 Å². The summed E-state index contributed by atoms with van der Waals surface area (Å²) in [6.07, 6.45) is 4.62. The lowest BCUT2D eigenvalue weighted by atomic mass is 10.1. The molecule has 82 valence electrons. The van der Waals surface area contributed by atoms with Crippen LogP contribution < -0.4 is 5.32 Å². The number of rotatable bonds is 3. The lowest BCUT2D eigenvalue weighted by molar-refractivity contribution is 0.695. The number of para-hydroxylation sites is 1. The molecule has 1 unspecified atom stereocenters. The number of benzene rings is 1. The zero-order valence-corrected chi connectivity index (χ0v) is 9.48. The summed E-state index contributed by atoms with van der Waals surface area (Å²) in [6.45, 7) is 2.27. The van der Waals surface area contributed by atoms with Gasteiger partial charge in [-0.1, -0.05) is 18.2 Å². The Morgan fingerprint density at radius 1 is 1.25 bits per heavy atom. The Bertz CT molecular complexity index is 498. The van der Waals surface area contributed by atoms with Crippen molar-refractivity contribution in [3.8, 4) is 0 Å². The number of nitrogens with zero attached hydrogens (tertiary/aromatic N) is 1. The second-order valence-corrected chi connectivity index (χ2v) is 4.65. The largest absolute Gasteiger partial charge is 0.382 e. The fourth-order valence-electron chi connectivity index (χ4n) is 2.18. The molecule has 1 aliphatic carbocycles. The maximum Gasteiger partial charge on any atom is 0.0722 e. The Morgan fingerprint density at radius 3 is 2.88 bits per heavy atom. The van der Waals surface area contributed by atoms with Crippen molar-refractivity contribution in [3.63, 3.8) is 0 Å². The molecule has 1 aromatic carbocycles. The summed E-state index contributed by atoms with van der Waals surface area (Å²) in [5.74, 6) is 0.868. The smallest absolute Gasteiger partial charge is 0.0722 e. The Hall–Kier alpha value is -1.57. The molecule has 1 aliphatic rings. The van der Waals surface area contributed by atoms with E-state index in [0.717, 1.165) is 11.4 Å². The molecule has 0 saturated heterocycles. The van der Waals surface area contributed by atoms with Gasteiger partial charge in [-0.3, -0.25) is 4.98 Å². The molecule has 2 aromatic rings. The van der Waals surface area contributed by atoms with Gasteiger partial charge in [0, 0.05) is 23.3 Å². The average molecular weight is 212 g/mol. The summed E-state index contributed by atoms with van der Waals surface area (Å²) >= 11 is 0. The summed E-state index contributed by atoms with van der Waals surface area (Å²) in [5, 5.41) is 4.83. The molecular formula is C14H16N2. The highest BCUT2D eigenvalue weighted by molar-refractivity contribution is 5.90. The molecule has 1 N–H and O–H groups in total. The molecule has 3 rings (SSSR count). The van der Waals surface area contributed by atoms with Crippen molar-refractivity contribution in [1.29, 1.82) is 0 Å². The first-order chi connectivity index (χ1) is 7.84. The lowest BCUT2D eigenvalue weighted by Crippen LogP contribution is -2.17. The third-order valence-corrected chi connectivity index (χ3v) is 3.36. The topological polar surface area (TPSA) is 24.9 Å². The molecule has 2 nitrogen and oxygen atoms in total. The van der Waals surface area contributed by atoms with Gasteiger partial charge in [0.15, 0.2) is 0 Å². The van der Waals surface area contributed by atoms with E-state index >= 15 is 0 Å². The summed E-state index contributed by atoms with van der Waals surface area (Å²) in [5.41, 5.74) is 2.28. The first kappa shape index (κ1) is 9.64. The highest BCUT2D eigenvalue weighted by atomic mass is 14.9. The van der Waals surface area contributed by atoms with Crippen molar-refractivity contribution in [2.75, 3.05) is 5.32 Å². The van der Waals surface area contributed by atoms with Crippen molar-refractivity contribution >= 4 is 16.6 Å². The molecule has 0 radical (unpaired) electrons. The number of anilines is 1. The lowest BCUT2D eigenvalue weighted by Gasteiger charge is -2.15. The Labute approximate surface area is 95.7 Å². The first-order valence-electron chi connectivity index (χ1n) is 5.95. The molecule has 0 aliphatic heterocycles. The minimum absolute atomic E-state index is 0.575. The van der Waals surface area contributed by atoms with Gasteiger partial charge in [-0.2, -0.15) is 0 Å². The predicted octanol–water partition coefficient (Wildman–Crippen LogP) is 3.45. The summed E-state index contributed by atoms with van der Waals surface area (Å²) in [6, 6.07) is 10.9. The summed E-state index contributed by atoms with van der Waals surface area (Å²) in [7, 11) is 0. The van der Waals surface area contributed by atoms with E-state index in [1.807, 2.05) is 12.3 Å². The van der Waals surface area contributed by atoms with E-state index in [9.17, 15) is 0 Å². The Kier molecular flexibility index (Phi) is 2.28. The fraction of sp³-hybridized carbons (Fsp3) is 0.357. The Balaban J connectivity index is 1.95. The van der Waals surface area contributed by atoms with Crippen LogP contribution in [-0.2, 0) is 0 Å². The predicted molar refractivity (Wildman–Crippen MR) is 67.6 cm³/mol. The van der Waals surface area contributed by atoms with Crippen molar-refractivity contribution in [2.45, 2.75) is 25.8 Å². The standard InChI is InChI=1S/C14H16N2/c1-10(11-6-7-11)16-14-8-9-15-13-5-3-2-4-12(13)14/h2-5,8-11H,6-7H2,1H3,(H,15,16). The van der Waals surface area contributed by atoms with Gasteiger partial charge in [0.2, 0.25) is 0 Å². The van der Waals surface area contributed by atoms with Crippen LogP contribution in [0.5, 0.6) is 0 Å². The number of nitrogens with one attached hydrogen (secondary N) is 1. The van der Waals surface area contributed by atoms with Crippen LogP contribution in [0.4, 0.5) is 5.69 Å². The minimum Gasteiger partial charge on any atom is -0.382 e. The second kappa shape index (κ2) is 3.78. The molecule has 0 bridgehead atoms. The SMILES string of the molecule is CC(Nc1ccnc2ccccc12)C1CC1. The third kappa shape index (κ3) is 1.75. The van der Waals surface area contributed by atoms with Gasteiger partial charge in [-0.05, 0) is 37.8 Å². The van der Waals surface area contributed by atoms with E-state index in [-0.39, 0.29) is 0 Å². The monoisotopic (exact) mass is 212 g/mol. The number of pyridine rings is 1. The van der Waals surface area contributed by atoms with Crippen LogP contribution in [0.1, 0.15) is 19.8 Å². The van der Waals surface area contributed by atoms with Crippen molar-refractivity contribution in [1.82, 2.24) is 4.98 Å². The molecule has 1 saturated carbocycles. The first-order valence-corrected chi connectivity index (χ1v) is 5.95. The van der Waals surface area contributed by atoms with Crippen LogP contribution in [0, 0.1) is 5.92 Å². The van der Waals surface area contributed by atoms with Crippen LogP contribution in [0.15, 0.2) is 36.5 Å². The number of aromatic nitrogens is 1. The van der Waals surface area contributed by atoms with E-state index in [1.54, 1.807) is 0 Å². The molecule has 1 aromatic heterocycles. The number of hydrogen-bond donors (Lipinski definition) is 1. The molecule has 1 fully saturated rings. The van der Waals surface area contributed by atoms with Crippen molar-refractivity contribution < 1.29 is 0 Å². The normalized spacial score (nSPS) is 17.3. The molecule has 0 spiro atoms. The van der Waals surface area contributed by atoms with Gasteiger partial charge in [0.25, 0.3) is 0 Å². The van der Waals surface area contributed by atoms with Crippen molar-refractivity contribution in [3.05, 3.63) is 36.5 Å². The maximum atomic E-state index is 4.37. The Morgan fingerprint density at radius 2 is 2.06 bits per heavy atom. The number of hydrogen-bond acceptors (Lipinski definition) is 2. The zero-order chi connectivity index (χ0) is 11.0. The van der Waals surface area contributed by atoms with Gasteiger partial charge in [0.1, 0.15) is 0 Å². The molecule has 1 atom stereocenters. The average Bonchev–Trinajstić information content (AvgIpc) is 3.13. The molecule has 1 heterocycles. The van der Waals surface area contributed by atoms with Gasteiger partial charge >= 0.3 is 0 Å². The number of fused-ring (bicyclic) bond motifs is 1. The highest BCUT2D eigenvalue weighted by Gasteiger charge is 2.27. The van der Waals surface area contributed by atoms with E-state index < -0.39 is 0 Å². The second-order valence-electron chi connectivity index (χ2n) is 4.65. The van der Waals surface area contributed by atoms with E-state index in [2.05, 4.69) is 41.5 Å². The van der Waals surface area contributed by atoms with Crippen LogP contribution in [0.2, 0.25) is 0 Å². The van der Waals surface area contributed by atoms with Gasteiger partial charge < -0.3 is 5.32 Å². The van der Waals surface area contributed by atoms with Crippen LogP contribution in [0.25, 0.3) is 10.9 Å². The van der Waals surface area contributed by atoms with Crippen LogP contribution >= 0.6 is 0 Å². The van der Waals surface area contributed by atoms with Gasteiger partial charge in [0.05, 0.1) is 5.52 Å². The molecule has 0 amide bonds. The molecule has 16 heavy (non-hydrogen) atoms. The third-order valence-electron chi connectivity index (χ3n) is 3.36. The molecule has 2 heteroatoms. The molecular weight excluding hydrogens is 196 g/mol. The fourth-order valence-corrected chi connectivity index (χ4v) is 2.18. The highest BCUT2D eigenvalue weighted by Crippen LogP contribution is 2.34. The summed E-state index contributed by atoms with van der Waals surface area (Å²) in [4.78, 5) is 4.37. The van der Waals surface area contributed by atoms with E-state index in [0.29, 0.717) is 6.04 Å². The van der Waals surface area contributed by atoms with E-state index in [1.165, 1.54) is 23.9 Å². The minimum atomic E-state index is 0.575. The zero-order valence-electron chi connectivity index (χ0n) is 9.48. The quantitative estimate of drug-likeness (QED) is 0.843. The van der Waals surface area contributed by atoms with Crippen molar-refractivity contribution in [2.24, 2.45) is 5.92 Å². The maximum absolute atomic E-state index is 4.37. The van der Waals surface area contributed by atoms with Gasteiger partial charge in [-0.15, -0.1) is 0 Å².